The van der Waals surface area contributed by atoms with Crippen molar-refractivity contribution in [2.75, 3.05) is 0 Å². The fourth-order valence-electron chi connectivity index (χ4n) is 2.43. The molecule has 0 unspecified atom stereocenters. The Morgan fingerprint density at radius 1 is 1.47 bits per heavy atom. The van der Waals surface area contributed by atoms with E-state index >= 15 is 0 Å². The predicted octanol–water partition coefficient (Wildman–Crippen LogP) is 3.52. The highest BCUT2D eigenvalue weighted by Crippen LogP contribution is 2.28. The topological polar surface area (TPSA) is 32.3 Å². The van der Waals surface area contributed by atoms with Crippen LogP contribution < -0.4 is 5.48 Å². The van der Waals surface area contributed by atoms with Gasteiger partial charge in [0.1, 0.15) is 0 Å². The third kappa shape index (κ3) is 4.35. The molecule has 2 heteroatoms. The average molecular weight is 211 g/mol. The van der Waals surface area contributed by atoms with Crippen LogP contribution in [0.15, 0.2) is 12.2 Å². The fourth-order valence-corrected chi connectivity index (χ4v) is 2.43. The van der Waals surface area contributed by atoms with Crippen LogP contribution >= 0.6 is 0 Å². The van der Waals surface area contributed by atoms with Gasteiger partial charge in [-0.25, -0.2) is 5.48 Å². The standard InChI is InChI=1S/C13H25NO/c1-3-6-13(14-15)10-9-12-8-5-4-7-11(12)2/h5,8,11-15H,3-4,6-7,9-10H2,1-2H3/t11-,12+,13+/m1/s1. The van der Waals surface area contributed by atoms with E-state index in [9.17, 15) is 0 Å². The summed E-state index contributed by atoms with van der Waals surface area (Å²) in [5.41, 5.74) is 2.43. The molecule has 0 saturated carbocycles. The zero-order chi connectivity index (χ0) is 11.1. The first-order chi connectivity index (χ1) is 7.27. The molecular formula is C13H25NO. The second-order valence-electron chi connectivity index (χ2n) is 4.84. The molecule has 0 radical (unpaired) electrons. The van der Waals surface area contributed by atoms with Crippen LogP contribution in [0.1, 0.15) is 52.4 Å². The molecule has 2 nitrogen and oxygen atoms in total. The summed E-state index contributed by atoms with van der Waals surface area (Å²) in [4.78, 5) is 0. The van der Waals surface area contributed by atoms with Crippen LogP contribution in [0.3, 0.4) is 0 Å². The quantitative estimate of drug-likeness (QED) is 0.520. The first kappa shape index (κ1) is 12.7. The number of hydrogen-bond acceptors (Lipinski definition) is 2. The Morgan fingerprint density at radius 3 is 2.87 bits per heavy atom. The van der Waals surface area contributed by atoms with E-state index in [1.165, 1.54) is 19.3 Å². The summed E-state index contributed by atoms with van der Waals surface area (Å²) >= 11 is 0. The van der Waals surface area contributed by atoms with E-state index in [1.54, 1.807) is 0 Å². The van der Waals surface area contributed by atoms with Gasteiger partial charge in [-0.3, -0.25) is 0 Å². The number of hydroxylamine groups is 1. The van der Waals surface area contributed by atoms with Crippen LogP contribution in [-0.2, 0) is 0 Å². The van der Waals surface area contributed by atoms with Crippen LogP contribution in [0.25, 0.3) is 0 Å². The second-order valence-corrected chi connectivity index (χ2v) is 4.84. The minimum absolute atomic E-state index is 0.289. The summed E-state index contributed by atoms with van der Waals surface area (Å²) in [7, 11) is 0. The van der Waals surface area contributed by atoms with Crippen molar-refractivity contribution in [3.8, 4) is 0 Å². The normalized spacial score (nSPS) is 27.9. The summed E-state index contributed by atoms with van der Waals surface area (Å²) in [6, 6.07) is 0.289. The Morgan fingerprint density at radius 2 is 2.27 bits per heavy atom. The molecule has 88 valence electrons. The van der Waals surface area contributed by atoms with E-state index in [1.807, 2.05) is 0 Å². The Bertz CT molecular complexity index is 191. The summed E-state index contributed by atoms with van der Waals surface area (Å²) in [5.74, 6) is 1.54. The maximum absolute atomic E-state index is 8.98. The zero-order valence-corrected chi connectivity index (χ0v) is 10.1. The molecule has 0 amide bonds. The van der Waals surface area contributed by atoms with E-state index in [2.05, 4.69) is 31.5 Å². The van der Waals surface area contributed by atoms with Crippen LogP contribution in [0.5, 0.6) is 0 Å². The number of nitrogens with one attached hydrogen (secondary N) is 1. The van der Waals surface area contributed by atoms with Gasteiger partial charge < -0.3 is 5.21 Å². The maximum Gasteiger partial charge on any atom is 0.0319 e. The van der Waals surface area contributed by atoms with E-state index < -0.39 is 0 Å². The first-order valence-electron chi connectivity index (χ1n) is 6.34. The highest BCUT2D eigenvalue weighted by molar-refractivity contribution is 4.96. The van der Waals surface area contributed by atoms with Gasteiger partial charge in [0, 0.05) is 6.04 Å². The molecule has 1 rings (SSSR count). The van der Waals surface area contributed by atoms with Crippen molar-refractivity contribution in [2.24, 2.45) is 11.8 Å². The SMILES string of the molecule is CCC[C@@H](CC[C@@H]1C=CCC[C@H]1C)NO. The molecule has 0 fully saturated rings. The molecule has 1 aliphatic rings. The van der Waals surface area contributed by atoms with Crippen molar-refractivity contribution in [3.63, 3.8) is 0 Å². The molecule has 3 atom stereocenters. The lowest BCUT2D eigenvalue weighted by atomic mass is 9.81. The summed E-state index contributed by atoms with van der Waals surface area (Å²) in [6.07, 6.45) is 11.7. The van der Waals surface area contributed by atoms with Gasteiger partial charge in [0.05, 0.1) is 0 Å². The predicted molar refractivity (Wildman–Crippen MR) is 63.9 cm³/mol. The largest absolute Gasteiger partial charge is 0.317 e. The Labute approximate surface area is 93.7 Å². The lowest BCUT2D eigenvalue weighted by molar-refractivity contribution is 0.112. The molecule has 2 N–H and O–H groups in total. The molecule has 0 aromatic rings. The molecule has 0 aliphatic heterocycles. The highest BCUT2D eigenvalue weighted by atomic mass is 16.5. The molecule has 0 heterocycles. The van der Waals surface area contributed by atoms with Gasteiger partial charge in [0.2, 0.25) is 0 Å². The van der Waals surface area contributed by atoms with E-state index in [0.29, 0.717) is 0 Å². The van der Waals surface area contributed by atoms with Gasteiger partial charge in [-0.2, -0.15) is 0 Å². The average Bonchev–Trinajstić information content (AvgIpc) is 2.26. The van der Waals surface area contributed by atoms with Crippen LogP contribution in [0.4, 0.5) is 0 Å². The zero-order valence-electron chi connectivity index (χ0n) is 10.1. The highest BCUT2D eigenvalue weighted by Gasteiger charge is 2.18. The lowest BCUT2D eigenvalue weighted by Crippen LogP contribution is -2.27. The molecule has 1 aliphatic carbocycles. The molecule has 0 spiro atoms. The fraction of sp³-hybridized carbons (Fsp3) is 0.846. The Hall–Kier alpha value is -0.340. The van der Waals surface area contributed by atoms with Gasteiger partial charge in [0.25, 0.3) is 0 Å². The van der Waals surface area contributed by atoms with Crippen molar-refractivity contribution in [1.82, 2.24) is 5.48 Å². The minimum Gasteiger partial charge on any atom is -0.317 e. The smallest absolute Gasteiger partial charge is 0.0319 e. The van der Waals surface area contributed by atoms with E-state index in [4.69, 9.17) is 5.21 Å². The van der Waals surface area contributed by atoms with Crippen molar-refractivity contribution >= 4 is 0 Å². The van der Waals surface area contributed by atoms with Crippen LogP contribution in [-0.4, -0.2) is 11.2 Å². The van der Waals surface area contributed by atoms with Crippen molar-refractivity contribution in [3.05, 3.63) is 12.2 Å². The van der Waals surface area contributed by atoms with Gasteiger partial charge in [0.15, 0.2) is 0 Å². The van der Waals surface area contributed by atoms with Gasteiger partial charge in [-0.1, -0.05) is 32.4 Å². The van der Waals surface area contributed by atoms with E-state index in [-0.39, 0.29) is 6.04 Å². The molecule has 0 aromatic carbocycles. The summed E-state index contributed by atoms with van der Waals surface area (Å²) < 4.78 is 0. The minimum atomic E-state index is 0.289. The van der Waals surface area contributed by atoms with Crippen LogP contribution in [0, 0.1) is 11.8 Å². The summed E-state index contributed by atoms with van der Waals surface area (Å²) in [5, 5.41) is 8.98. The second kappa shape index (κ2) is 7.02. The van der Waals surface area contributed by atoms with Gasteiger partial charge in [-0.15, -0.1) is 0 Å². The Kier molecular flexibility index (Phi) is 5.96. The summed E-state index contributed by atoms with van der Waals surface area (Å²) in [6.45, 7) is 4.50. The van der Waals surface area contributed by atoms with Crippen molar-refractivity contribution in [2.45, 2.75) is 58.4 Å². The third-order valence-electron chi connectivity index (χ3n) is 3.57. The number of hydrogen-bond donors (Lipinski definition) is 2. The molecule has 0 saturated heterocycles. The number of rotatable bonds is 6. The molecule has 15 heavy (non-hydrogen) atoms. The van der Waals surface area contributed by atoms with Crippen LogP contribution in [0.2, 0.25) is 0 Å². The van der Waals surface area contributed by atoms with E-state index in [0.717, 1.165) is 31.1 Å². The molecular weight excluding hydrogens is 186 g/mol. The first-order valence-corrected chi connectivity index (χ1v) is 6.34. The monoisotopic (exact) mass is 211 g/mol. The van der Waals surface area contributed by atoms with Gasteiger partial charge >= 0.3 is 0 Å². The Balaban J connectivity index is 2.27. The third-order valence-corrected chi connectivity index (χ3v) is 3.57. The lowest BCUT2D eigenvalue weighted by Gasteiger charge is -2.25. The molecule has 0 aromatic heterocycles. The van der Waals surface area contributed by atoms with Gasteiger partial charge in [-0.05, 0) is 43.9 Å². The molecule has 0 bridgehead atoms. The van der Waals surface area contributed by atoms with Crippen molar-refractivity contribution < 1.29 is 5.21 Å². The number of allylic oxidation sites excluding steroid dienone is 2. The van der Waals surface area contributed by atoms with Crippen molar-refractivity contribution in [1.29, 1.82) is 0 Å². The maximum atomic E-state index is 8.98.